The normalized spacial score (nSPS) is 19.4. The molecule has 2 aliphatic rings. The number of nitrogens with zero attached hydrogens (tertiary/aromatic N) is 3. The Morgan fingerprint density at radius 3 is 2.52 bits per heavy atom. The van der Waals surface area contributed by atoms with Crippen molar-refractivity contribution < 1.29 is 0 Å². The third kappa shape index (κ3) is 3.28. The summed E-state index contributed by atoms with van der Waals surface area (Å²) >= 11 is 0. The average Bonchev–Trinajstić information content (AvgIpc) is 3.11. The first-order valence-corrected chi connectivity index (χ1v) is 10.3. The van der Waals surface area contributed by atoms with Gasteiger partial charge in [-0.15, -0.1) is 0 Å². The van der Waals surface area contributed by atoms with Crippen molar-refractivity contribution in [3.63, 3.8) is 0 Å². The van der Waals surface area contributed by atoms with E-state index < -0.39 is 0 Å². The SMILES string of the molecule is Cc1ccc(-c2ncc(CN3CCN(C4CCC4)CC3)[nH]2)c2ccccc12. The van der Waals surface area contributed by atoms with Crippen molar-refractivity contribution in [2.24, 2.45) is 0 Å². The van der Waals surface area contributed by atoms with E-state index in [-0.39, 0.29) is 0 Å². The van der Waals surface area contributed by atoms with Crippen LogP contribution in [0.4, 0.5) is 0 Å². The van der Waals surface area contributed by atoms with E-state index >= 15 is 0 Å². The number of piperazine rings is 1. The number of hydrogen-bond acceptors (Lipinski definition) is 3. The van der Waals surface area contributed by atoms with E-state index in [0.717, 1.165) is 31.5 Å². The number of imidazole rings is 1. The van der Waals surface area contributed by atoms with E-state index in [1.165, 1.54) is 59.9 Å². The van der Waals surface area contributed by atoms with Crippen LogP contribution in [0, 0.1) is 6.92 Å². The summed E-state index contributed by atoms with van der Waals surface area (Å²) in [5.41, 5.74) is 3.72. The quantitative estimate of drug-likeness (QED) is 0.757. The molecule has 1 aromatic heterocycles. The molecule has 2 aromatic carbocycles. The van der Waals surface area contributed by atoms with Crippen molar-refractivity contribution in [3.8, 4) is 11.4 Å². The topological polar surface area (TPSA) is 35.2 Å². The van der Waals surface area contributed by atoms with Gasteiger partial charge in [0.05, 0.1) is 0 Å². The number of aromatic amines is 1. The molecule has 2 fully saturated rings. The lowest BCUT2D eigenvalue weighted by Crippen LogP contribution is -2.51. The molecule has 0 atom stereocenters. The summed E-state index contributed by atoms with van der Waals surface area (Å²) in [6, 6.07) is 13.9. The highest BCUT2D eigenvalue weighted by atomic mass is 15.3. The maximum absolute atomic E-state index is 4.70. The van der Waals surface area contributed by atoms with Crippen molar-refractivity contribution >= 4 is 10.8 Å². The molecule has 0 unspecified atom stereocenters. The lowest BCUT2D eigenvalue weighted by Gasteiger charge is -2.42. The van der Waals surface area contributed by atoms with E-state index in [9.17, 15) is 0 Å². The number of fused-ring (bicyclic) bond motifs is 1. The van der Waals surface area contributed by atoms with Crippen LogP contribution in [0.3, 0.4) is 0 Å². The van der Waals surface area contributed by atoms with Crippen LogP contribution >= 0.6 is 0 Å². The fraction of sp³-hybridized carbons (Fsp3) is 0.435. The Morgan fingerprint density at radius 1 is 1.00 bits per heavy atom. The van der Waals surface area contributed by atoms with Crippen LogP contribution in [0.25, 0.3) is 22.2 Å². The van der Waals surface area contributed by atoms with Crippen LogP contribution in [0.2, 0.25) is 0 Å². The van der Waals surface area contributed by atoms with Gasteiger partial charge in [0.15, 0.2) is 0 Å². The van der Waals surface area contributed by atoms with Crippen LogP contribution in [-0.4, -0.2) is 52.0 Å². The fourth-order valence-corrected chi connectivity index (χ4v) is 4.51. The largest absolute Gasteiger partial charge is 0.341 e. The zero-order valence-corrected chi connectivity index (χ0v) is 16.1. The molecule has 2 heterocycles. The molecule has 0 radical (unpaired) electrons. The molecule has 1 N–H and O–H groups in total. The van der Waals surface area contributed by atoms with Gasteiger partial charge in [-0.25, -0.2) is 4.98 Å². The van der Waals surface area contributed by atoms with Gasteiger partial charge in [0.2, 0.25) is 0 Å². The summed E-state index contributed by atoms with van der Waals surface area (Å²) in [4.78, 5) is 13.5. The van der Waals surface area contributed by atoms with E-state index in [4.69, 9.17) is 4.98 Å². The Morgan fingerprint density at radius 2 is 1.78 bits per heavy atom. The number of benzene rings is 2. The Labute approximate surface area is 161 Å². The molecule has 3 aromatic rings. The minimum atomic E-state index is 0.876. The highest BCUT2D eigenvalue weighted by Gasteiger charge is 2.27. The number of nitrogens with one attached hydrogen (secondary N) is 1. The highest BCUT2D eigenvalue weighted by molar-refractivity contribution is 5.97. The maximum atomic E-state index is 4.70. The van der Waals surface area contributed by atoms with Crippen molar-refractivity contribution in [1.82, 2.24) is 19.8 Å². The zero-order chi connectivity index (χ0) is 18.2. The van der Waals surface area contributed by atoms with Crippen molar-refractivity contribution in [2.45, 2.75) is 38.8 Å². The lowest BCUT2D eigenvalue weighted by molar-refractivity contribution is 0.0583. The molecular formula is C23H28N4. The monoisotopic (exact) mass is 360 g/mol. The van der Waals surface area contributed by atoms with Crippen molar-refractivity contribution in [2.75, 3.05) is 26.2 Å². The van der Waals surface area contributed by atoms with Gasteiger partial charge in [-0.3, -0.25) is 9.80 Å². The summed E-state index contributed by atoms with van der Waals surface area (Å²) in [6.07, 6.45) is 6.26. The lowest BCUT2D eigenvalue weighted by atomic mass is 9.91. The highest BCUT2D eigenvalue weighted by Crippen LogP contribution is 2.29. The Balaban J connectivity index is 1.30. The Bertz CT molecular complexity index is 932. The number of H-pyrrole nitrogens is 1. The predicted molar refractivity (Wildman–Crippen MR) is 111 cm³/mol. The average molecular weight is 361 g/mol. The molecule has 140 valence electrons. The van der Waals surface area contributed by atoms with Crippen LogP contribution in [-0.2, 0) is 6.54 Å². The zero-order valence-electron chi connectivity index (χ0n) is 16.1. The summed E-state index contributed by atoms with van der Waals surface area (Å²) in [6.45, 7) is 7.90. The second-order valence-corrected chi connectivity index (χ2v) is 8.13. The minimum absolute atomic E-state index is 0.876. The molecule has 1 saturated heterocycles. The number of aromatic nitrogens is 2. The molecule has 1 aliphatic carbocycles. The number of rotatable bonds is 4. The molecule has 4 nitrogen and oxygen atoms in total. The van der Waals surface area contributed by atoms with Gasteiger partial charge < -0.3 is 4.98 Å². The predicted octanol–water partition coefficient (Wildman–Crippen LogP) is 4.21. The number of hydrogen-bond donors (Lipinski definition) is 1. The Kier molecular flexibility index (Phi) is 4.46. The Hall–Kier alpha value is -2.17. The maximum Gasteiger partial charge on any atom is 0.138 e. The second kappa shape index (κ2) is 7.10. The van der Waals surface area contributed by atoms with Crippen molar-refractivity contribution in [3.05, 3.63) is 53.9 Å². The molecule has 27 heavy (non-hydrogen) atoms. The molecule has 0 bridgehead atoms. The summed E-state index contributed by atoms with van der Waals surface area (Å²) in [7, 11) is 0. The summed E-state index contributed by atoms with van der Waals surface area (Å²) in [5, 5.41) is 2.58. The third-order valence-electron chi connectivity index (χ3n) is 6.42. The number of aryl methyl sites for hydroxylation is 1. The van der Waals surface area contributed by atoms with Gasteiger partial charge in [0.25, 0.3) is 0 Å². The minimum Gasteiger partial charge on any atom is -0.341 e. The van der Waals surface area contributed by atoms with Gasteiger partial charge >= 0.3 is 0 Å². The third-order valence-corrected chi connectivity index (χ3v) is 6.42. The van der Waals surface area contributed by atoms with E-state index in [2.05, 4.69) is 58.1 Å². The molecule has 0 spiro atoms. The molecule has 1 saturated carbocycles. The smallest absolute Gasteiger partial charge is 0.138 e. The standard InChI is InChI=1S/C23H28N4/c1-17-9-10-22(21-8-3-2-7-20(17)21)23-24-15-18(25-23)16-26-11-13-27(14-12-26)19-5-4-6-19/h2-3,7-10,15,19H,4-6,11-14,16H2,1H3,(H,24,25). The summed E-state index contributed by atoms with van der Waals surface area (Å²) in [5.74, 6) is 0.981. The van der Waals surface area contributed by atoms with E-state index in [1.807, 2.05) is 6.20 Å². The molecule has 1 aliphatic heterocycles. The van der Waals surface area contributed by atoms with Gasteiger partial charge in [-0.05, 0) is 36.1 Å². The molecule has 5 rings (SSSR count). The van der Waals surface area contributed by atoms with Crippen molar-refractivity contribution in [1.29, 1.82) is 0 Å². The van der Waals surface area contributed by atoms with Gasteiger partial charge in [-0.2, -0.15) is 0 Å². The summed E-state index contributed by atoms with van der Waals surface area (Å²) < 4.78 is 0. The van der Waals surface area contributed by atoms with Gasteiger partial charge in [0, 0.05) is 56.2 Å². The van der Waals surface area contributed by atoms with E-state index in [1.54, 1.807) is 0 Å². The first-order valence-electron chi connectivity index (χ1n) is 10.3. The van der Waals surface area contributed by atoms with Gasteiger partial charge in [-0.1, -0.05) is 42.8 Å². The first-order chi connectivity index (χ1) is 13.3. The molecule has 0 amide bonds. The van der Waals surface area contributed by atoms with Crippen LogP contribution in [0.5, 0.6) is 0 Å². The second-order valence-electron chi connectivity index (χ2n) is 8.13. The van der Waals surface area contributed by atoms with Crippen LogP contribution in [0.15, 0.2) is 42.6 Å². The van der Waals surface area contributed by atoms with Crippen LogP contribution in [0.1, 0.15) is 30.5 Å². The molecule has 4 heteroatoms. The molecular weight excluding hydrogens is 332 g/mol. The van der Waals surface area contributed by atoms with E-state index in [0.29, 0.717) is 0 Å². The van der Waals surface area contributed by atoms with Gasteiger partial charge in [0.1, 0.15) is 5.82 Å². The fourth-order valence-electron chi connectivity index (χ4n) is 4.51. The van der Waals surface area contributed by atoms with Crippen LogP contribution < -0.4 is 0 Å². The first kappa shape index (κ1) is 17.0.